The highest BCUT2D eigenvalue weighted by Gasteiger charge is 2.52. The Labute approximate surface area is 184 Å². The van der Waals surface area contributed by atoms with Crippen molar-refractivity contribution in [3.63, 3.8) is 0 Å². The molecular weight excluding hydrogens is 425 g/mol. The number of hydrogen-bond acceptors (Lipinski definition) is 4. The van der Waals surface area contributed by atoms with Gasteiger partial charge in [-0.1, -0.05) is 36.2 Å². The van der Waals surface area contributed by atoms with Crippen molar-refractivity contribution < 1.29 is 18.7 Å². The van der Waals surface area contributed by atoms with Crippen LogP contribution in [0, 0.1) is 11.8 Å². The zero-order valence-corrected chi connectivity index (χ0v) is 17.9. The number of furan rings is 1. The number of ether oxygens (including phenoxy) is 1. The minimum absolute atomic E-state index is 0.0131. The van der Waals surface area contributed by atoms with Gasteiger partial charge >= 0.3 is 0 Å². The molecule has 1 fully saturated rings. The zero-order chi connectivity index (χ0) is 21.0. The van der Waals surface area contributed by atoms with E-state index >= 15 is 0 Å². The van der Waals surface area contributed by atoms with Gasteiger partial charge in [0.15, 0.2) is 11.5 Å². The third-order valence-electron chi connectivity index (χ3n) is 6.37. The molecule has 7 heteroatoms. The summed E-state index contributed by atoms with van der Waals surface area (Å²) in [6.07, 6.45) is 3.90. The van der Waals surface area contributed by atoms with Crippen molar-refractivity contribution >= 4 is 34.9 Å². The first kappa shape index (κ1) is 19.7. The topological polar surface area (TPSA) is 59.8 Å². The maximum atomic E-state index is 13.6. The molecule has 3 aliphatic rings. The Morgan fingerprint density at radius 1 is 1.13 bits per heavy atom. The fraction of sp³-hybridized carbons (Fsp3) is 0.391. The molecular formula is C23H21Cl2NO4. The highest BCUT2D eigenvalue weighted by atomic mass is 35.5. The molecule has 0 saturated heterocycles. The van der Waals surface area contributed by atoms with Crippen molar-refractivity contribution in [3.8, 4) is 0 Å². The van der Waals surface area contributed by atoms with Crippen molar-refractivity contribution in [2.75, 3.05) is 0 Å². The van der Waals surface area contributed by atoms with E-state index in [1.54, 1.807) is 41.5 Å². The molecule has 1 aromatic heterocycles. The van der Waals surface area contributed by atoms with Crippen molar-refractivity contribution in [3.05, 3.63) is 69.3 Å². The van der Waals surface area contributed by atoms with Crippen LogP contribution in [0.2, 0.25) is 10.0 Å². The highest BCUT2D eigenvalue weighted by Crippen LogP contribution is 2.48. The minimum atomic E-state index is -0.585. The van der Waals surface area contributed by atoms with Crippen LogP contribution >= 0.6 is 23.2 Å². The molecule has 4 unspecified atom stereocenters. The molecule has 30 heavy (non-hydrogen) atoms. The predicted molar refractivity (Wildman–Crippen MR) is 112 cm³/mol. The van der Waals surface area contributed by atoms with Crippen molar-refractivity contribution in [2.45, 2.75) is 44.9 Å². The number of carbonyl (C=O) groups is 2. The fourth-order valence-corrected chi connectivity index (χ4v) is 5.19. The van der Waals surface area contributed by atoms with Crippen LogP contribution in [0.4, 0.5) is 0 Å². The number of hydrogen-bond donors (Lipinski definition) is 0. The minimum Gasteiger partial charge on any atom is -0.483 e. The average molecular weight is 446 g/mol. The Kier molecular flexibility index (Phi) is 4.91. The molecule has 1 aliphatic carbocycles. The van der Waals surface area contributed by atoms with Gasteiger partial charge in [-0.05, 0) is 55.0 Å². The summed E-state index contributed by atoms with van der Waals surface area (Å²) >= 11 is 12.4. The monoisotopic (exact) mass is 445 g/mol. The van der Waals surface area contributed by atoms with Crippen LogP contribution in [-0.2, 0) is 20.9 Å². The lowest BCUT2D eigenvalue weighted by molar-refractivity contribution is -0.136. The van der Waals surface area contributed by atoms with Gasteiger partial charge in [0.1, 0.15) is 11.9 Å². The summed E-state index contributed by atoms with van der Waals surface area (Å²) < 4.78 is 11.7. The Balaban J connectivity index is 1.60. The lowest BCUT2D eigenvalue weighted by Gasteiger charge is -2.37. The lowest BCUT2D eigenvalue weighted by atomic mass is 9.74. The first-order chi connectivity index (χ1) is 14.4. The van der Waals surface area contributed by atoms with Gasteiger partial charge in [-0.15, -0.1) is 0 Å². The van der Waals surface area contributed by atoms with Gasteiger partial charge in [-0.2, -0.15) is 0 Å². The fourth-order valence-electron chi connectivity index (χ4n) is 4.89. The van der Waals surface area contributed by atoms with Crippen LogP contribution in [0.5, 0.6) is 0 Å². The number of fused-ring (bicyclic) bond motifs is 1. The van der Waals surface area contributed by atoms with Crippen LogP contribution in [0.1, 0.15) is 43.6 Å². The molecule has 4 atom stereocenters. The molecule has 0 bridgehead atoms. The Morgan fingerprint density at radius 2 is 1.97 bits per heavy atom. The number of rotatable bonds is 3. The van der Waals surface area contributed by atoms with Crippen LogP contribution in [-0.4, -0.2) is 22.7 Å². The van der Waals surface area contributed by atoms with E-state index < -0.39 is 6.04 Å². The normalized spacial score (nSPS) is 28.4. The van der Waals surface area contributed by atoms with Gasteiger partial charge in [0.05, 0.1) is 40.4 Å². The molecule has 3 heterocycles. The quantitative estimate of drug-likeness (QED) is 0.640. The highest BCUT2D eigenvalue weighted by molar-refractivity contribution is 6.42. The van der Waals surface area contributed by atoms with Crippen molar-refractivity contribution in [2.24, 2.45) is 11.8 Å². The van der Waals surface area contributed by atoms with Gasteiger partial charge < -0.3 is 14.1 Å². The number of nitrogens with zero attached hydrogens (tertiary/aromatic N) is 1. The Bertz CT molecular complexity index is 1050. The largest absolute Gasteiger partial charge is 0.483 e. The van der Waals surface area contributed by atoms with Gasteiger partial charge in [0.2, 0.25) is 0 Å². The van der Waals surface area contributed by atoms with E-state index in [-0.39, 0.29) is 36.0 Å². The Hall–Kier alpha value is -2.24. The maximum absolute atomic E-state index is 13.6. The third-order valence-corrected chi connectivity index (χ3v) is 7.11. The summed E-state index contributed by atoms with van der Waals surface area (Å²) in [5, 5.41) is 0.797. The van der Waals surface area contributed by atoms with Gasteiger partial charge in [-0.3, -0.25) is 9.59 Å². The van der Waals surface area contributed by atoms with E-state index in [9.17, 15) is 9.59 Å². The summed E-state index contributed by atoms with van der Waals surface area (Å²) in [6, 6.07) is 8.20. The number of halogens is 2. The number of benzene rings is 1. The summed E-state index contributed by atoms with van der Waals surface area (Å²) in [5.74, 6) is 0.780. The van der Waals surface area contributed by atoms with Crippen molar-refractivity contribution in [1.82, 2.24) is 4.90 Å². The zero-order valence-electron chi connectivity index (χ0n) is 16.4. The molecule has 2 aliphatic heterocycles. The van der Waals surface area contributed by atoms with E-state index in [2.05, 4.69) is 6.92 Å². The number of carbonyl (C=O) groups excluding carboxylic acids is 2. The molecule has 5 nitrogen and oxygen atoms in total. The first-order valence-electron chi connectivity index (χ1n) is 10.2. The SMILES string of the molecule is CC1CCC2OC3=C(C(=O)C2C1)C(c1ccc(Cl)c(Cl)c1)N(Cc1ccco1)C3=O. The van der Waals surface area contributed by atoms with Crippen LogP contribution in [0.15, 0.2) is 52.3 Å². The number of amides is 1. The summed E-state index contributed by atoms with van der Waals surface area (Å²) in [4.78, 5) is 28.6. The molecule has 5 rings (SSSR count). The molecule has 2 aromatic rings. The van der Waals surface area contributed by atoms with E-state index in [1.165, 1.54) is 0 Å². The number of ketones is 1. The van der Waals surface area contributed by atoms with Crippen LogP contribution in [0.3, 0.4) is 0 Å². The van der Waals surface area contributed by atoms with Crippen LogP contribution < -0.4 is 0 Å². The predicted octanol–water partition coefficient (Wildman–Crippen LogP) is 5.33. The van der Waals surface area contributed by atoms with Crippen molar-refractivity contribution in [1.29, 1.82) is 0 Å². The van der Waals surface area contributed by atoms with E-state index in [0.717, 1.165) is 24.8 Å². The molecule has 0 N–H and O–H groups in total. The molecule has 1 aromatic carbocycles. The maximum Gasteiger partial charge on any atom is 0.290 e. The second kappa shape index (κ2) is 7.47. The average Bonchev–Trinajstić information content (AvgIpc) is 3.33. The summed E-state index contributed by atoms with van der Waals surface area (Å²) in [6.45, 7) is 2.39. The summed E-state index contributed by atoms with van der Waals surface area (Å²) in [7, 11) is 0. The molecule has 1 saturated carbocycles. The van der Waals surface area contributed by atoms with Gasteiger partial charge in [-0.25, -0.2) is 0 Å². The van der Waals surface area contributed by atoms with Crippen LogP contribution in [0.25, 0.3) is 0 Å². The second-order valence-corrected chi connectivity index (χ2v) is 9.19. The second-order valence-electron chi connectivity index (χ2n) is 8.38. The molecule has 1 amide bonds. The summed E-state index contributed by atoms with van der Waals surface area (Å²) in [5.41, 5.74) is 1.16. The lowest BCUT2D eigenvalue weighted by Crippen LogP contribution is -2.41. The third kappa shape index (κ3) is 3.15. The number of Topliss-reactive ketones (excluding diaryl/α,β-unsaturated/α-hetero) is 1. The first-order valence-corrected chi connectivity index (χ1v) is 10.9. The standard InChI is InChI=1S/C23H21Cl2NO4/c1-12-4-7-18-15(9-12)21(27)19-20(13-5-6-16(24)17(25)10-13)26(23(28)22(19)30-18)11-14-3-2-8-29-14/h2-3,5-6,8,10,12,15,18,20H,4,7,9,11H2,1H3. The van der Waals surface area contributed by atoms with E-state index in [4.69, 9.17) is 32.4 Å². The molecule has 0 spiro atoms. The smallest absolute Gasteiger partial charge is 0.290 e. The molecule has 156 valence electrons. The Morgan fingerprint density at radius 3 is 2.70 bits per heavy atom. The van der Waals surface area contributed by atoms with E-state index in [1.807, 2.05) is 0 Å². The van der Waals surface area contributed by atoms with E-state index in [0.29, 0.717) is 27.3 Å². The van der Waals surface area contributed by atoms with Gasteiger partial charge in [0, 0.05) is 0 Å². The molecule has 0 radical (unpaired) electrons. The van der Waals surface area contributed by atoms with Gasteiger partial charge in [0.25, 0.3) is 5.91 Å².